The van der Waals surface area contributed by atoms with E-state index in [9.17, 15) is 9.59 Å². The Balaban J connectivity index is 1.71. The molecule has 1 N–H and O–H groups in total. The average Bonchev–Trinajstić information content (AvgIpc) is 2.60. The fraction of sp³-hybridized carbons (Fsp3) is 0.263. The fourth-order valence-electron chi connectivity index (χ4n) is 2.00. The summed E-state index contributed by atoms with van der Waals surface area (Å²) in [5, 5.41) is 3.12. The van der Waals surface area contributed by atoms with E-state index >= 15 is 0 Å². The number of nitrogens with one attached hydrogen (secondary N) is 1. The van der Waals surface area contributed by atoms with Gasteiger partial charge in [-0.1, -0.05) is 29.3 Å². The molecule has 25 heavy (non-hydrogen) atoms. The van der Waals surface area contributed by atoms with E-state index in [1.54, 1.807) is 31.2 Å². The van der Waals surface area contributed by atoms with Crippen LogP contribution in [0.2, 0.25) is 5.02 Å². The Bertz CT molecular complexity index is 713. The Hall–Kier alpha value is -2.53. The predicted octanol–water partition coefficient (Wildman–Crippen LogP) is 3.39. The molecule has 0 spiro atoms. The minimum atomic E-state index is -0.762. The lowest BCUT2D eigenvalue weighted by atomic mass is 10.2. The van der Waals surface area contributed by atoms with Gasteiger partial charge in [0, 0.05) is 10.6 Å². The Morgan fingerprint density at radius 3 is 2.32 bits per heavy atom. The second kappa shape index (κ2) is 9.08. The molecule has 0 unspecified atom stereocenters. The quantitative estimate of drug-likeness (QED) is 0.606. The van der Waals surface area contributed by atoms with Crippen LogP contribution in [0.15, 0.2) is 48.5 Å². The SMILES string of the molecule is Cc1ccc(OCCOC(=O)[C@H](C)NC(=O)c2ccc(Cl)cc2)cc1. The highest BCUT2D eigenvalue weighted by Crippen LogP contribution is 2.11. The highest BCUT2D eigenvalue weighted by atomic mass is 35.5. The van der Waals surface area contributed by atoms with Crippen LogP contribution in [0.4, 0.5) is 0 Å². The van der Waals surface area contributed by atoms with Crippen molar-refractivity contribution < 1.29 is 19.1 Å². The van der Waals surface area contributed by atoms with Gasteiger partial charge in [-0.2, -0.15) is 0 Å². The fourth-order valence-corrected chi connectivity index (χ4v) is 2.13. The van der Waals surface area contributed by atoms with Crippen LogP contribution in [-0.4, -0.2) is 31.1 Å². The van der Waals surface area contributed by atoms with Crippen LogP contribution in [0, 0.1) is 6.92 Å². The molecule has 2 rings (SSSR count). The molecule has 0 heterocycles. The zero-order valence-electron chi connectivity index (χ0n) is 14.1. The van der Waals surface area contributed by atoms with E-state index in [-0.39, 0.29) is 19.1 Å². The van der Waals surface area contributed by atoms with Crippen molar-refractivity contribution in [1.29, 1.82) is 0 Å². The van der Waals surface area contributed by atoms with Crippen molar-refractivity contribution in [2.45, 2.75) is 19.9 Å². The number of halogens is 1. The molecule has 0 aliphatic rings. The molecule has 0 aromatic heterocycles. The lowest BCUT2D eigenvalue weighted by Crippen LogP contribution is -2.39. The number of carbonyl (C=O) groups is 2. The topological polar surface area (TPSA) is 64.6 Å². The maximum Gasteiger partial charge on any atom is 0.328 e. The van der Waals surface area contributed by atoms with E-state index in [4.69, 9.17) is 21.1 Å². The van der Waals surface area contributed by atoms with Crippen molar-refractivity contribution in [3.05, 3.63) is 64.7 Å². The van der Waals surface area contributed by atoms with Gasteiger partial charge in [-0.15, -0.1) is 0 Å². The number of hydrogen-bond donors (Lipinski definition) is 1. The van der Waals surface area contributed by atoms with Gasteiger partial charge in [-0.3, -0.25) is 4.79 Å². The van der Waals surface area contributed by atoms with Gasteiger partial charge in [0.25, 0.3) is 5.91 Å². The van der Waals surface area contributed by atoms with Gasteiger partial charge < -0.3 is 14.8 Å². The van der Waals surface area contributed by atoms with E-state index in [1.807, 2.05) is 31.2 Å². The largest absolute Gasteiger partial charge is 0.490 e. The molecule has 2 aromatic carbocycles. The Morgan fingerprint density at radius 2 is 1.68 bits per heavy atom. The van der Waals surface area contributed by atoms with Crippen LogP contribution in [0.25, 0.3) is 0 Å². The third-order valence-electron chi connectivity index (χ3n) is 3.42. The molecule has 5 nitrogen and oxygen atoms in total. The smallest absolute Gasteiger partial charge is 0.328 e. The summed E-state index contributed by atoms with van der Waals surface area (Å²) in [5.74, 6) is -0.169. The number of benzene rings is 2. The van der Waals surface area contributed by atoms with Crippen LogP contribution < -0.4 is 10.1 Å². The molecule has 1 atom stereocenters. The van der Waals surface area contributed by atoms with E-state index in [1.165, 1.54) is 0 Å². The molecule has 0 radical (unpaired) electrons. The van der Waals surface area contributed by atoms with Crippen LogP contribution in [0.1, 0.15) is 22.8 Å². The standard InChI is InChI=1S/C19H20ClNO4/c1-13-3-9-17(10-4-13)24-11-12-25-19(23)14(2)21-18(22)15-5-7-16(20)8-6-15/h3-10,14H,11-12H2,1-2H3,(H,21,22)/t14-/m0/s1. The molecule has 1 amide bonds. The first-order valence-electron chi connectivity index (χ1n) is 7.88. The second-order valence-electron chi connectivity index (χ2n) is 5.53. The van der Waals surface area contributed by atoms with Crippen molar-refractivity contribution in [2.24, 2.45) is 0 Å². The predicted molar refractivity (Wildman–Crippen MR) is 96.0 cm³/mol. The molecule has 0 saturated carbocycles. The van der Waals surface area contributed by atoms with E-state index in [0.717, 1.165) is 5.56 Å². The molecule has 0 saturated heterocycles. The van der Waals surface area contributed by atoms with E-state index in [2.05, 4.69) is 5.32 Å². The highest BCUT2D eigenvalue weighted by molar-refractivity contribution is 6.30. The van der Waals surface area contributed by atoms with Crippen molar-refractivity contribution in [3.8, 4) is 5.75 Å². The summed E-state index contributed by atoms with van der Waals surface area (Å²) in [6.45, 7) is 3.91. The van der Waals surface area contributed by atoms with Crippen LogP contribution in [0.5, 0.6) is 5.75 Å². The number of ether oxygens (including phenoxy) is 2. The summed E-state index contributed by atoms with van der Waals surface area (Å²) in [6.07, 6.45) is 0. The molecule has 0 aliphatic carbocycles. The van der Waals surface area contributed by atoms with Gasteiger partial charge in [-0.25, -0.2) is 4.79 Å². The average molecular weight is 362 g/mol. The lowest BCUT2D eigenvalue weighted by molar-refractivity contribution is -0.146. The lowest BCUT2D eigenvalue weighted by Gasteiger charge is -2.14. The summed E-state index contributed by atoms with van der Waals surface area (Å²) >= 11 is 5.78. The first-order valence-corrected chi connectivity index (χ1v) is 8.26. The molecule has 6 heteroatoms. The maximum absolute atomic E-state index is 12.0. The van der Waals surface area contributed by atoms with E-state index < -0.39 is 12.0 Å². The number of rotatable bonds is 7. The van der Waals surface area contributed by atoms with Gasteiger partial charge >= 0.3 is 5.97 Å². The summed E-state index contributed by atoms with van der Waals surface area (Å²) in [7, 11) is 0. The van der Waals surface area contributed by atoms with Gasteiger partial charge in [0.2, 0.25) is 0 Å². The van der Waals surface area contributed by atoms with E-state index in [0.29, 0.717) is 16.3 Å². The number of aryl methyl sites for hydroxylation is 1. The number of carbonyl (C=O) groups excluding carboxylic acids is 2. The van der Waals surface area contributed by atoms with Crippen molar-refractivity contribution in [2.75, 3.05) is 13.2 Å². The number of esters is 1. The summed E-state index contributed by atoms with van der Waals surface area (Å²) in [5.41, 5.74) is 1.57. The van der Waals surface area contributed by atoms with Gasteiger partial charge in [0.15, 0.2) is 0 Å². The van der Waals surface area contributed by atoms with Crippen molar-refractivity contribution in [1.82, 2.24) is 5.32 Å². The molecule has 2 aromatic rings. The van der Waals surface area contributed by atoms with Crippen LogP contribution in [0.3, 0.4) is 0 Å². The molecule has 0 fully saturated rings. The minimum absolute atomic E-state index is 0.105. The van der Waals surface area contributed by atoms with Gasteiger partial charge in [-0.05, 0) is 50.2 Å². The molecular weight excluding hydrogens is 342 g/mol. The molecular formula is C19H20ClNO4. The molecule has 0 aliphatic heterocycles. The van der Waals surface area contributed by atoms with Gasteiger partial charge in [0.1, 0.15) is 25.0 Å². The van der Waals surface area contributed by atoms with Crippen LogP contribution >= 0.6 is 11.6 Å². The number of hydrogen-bond acceptors (Lipinski definition) is 4. The van der Waals surface area contributed by atoms with Gasteiger partial charge in [0.05, 0.1) is 0 Å². The first kappa shape index (κ1) is 18.8. The Labute approximate surface area is 151 Å². The molecule has 132 valence electrons. The summed E-state index contributed by atoms with van der Waals surface area (Å²) < 4.78 is 10.6. The van der Waals surface area contributed by atoms with Crippen molar-refractivity contribution >= 4 is 23.5 Å². The zero-order chi connectivity index (χ0) is 18.2. The third kappa shape index (κ3) is 6.12. The zero-order valence-corrected chi connectivity index (χ0v) is 14.9. The summed E-state index contributed by atoms with van der Waals surface area (Å²) in [6, 6.07) is 13.2. The molecule has 0 bridgehead atoms. The normalized spacial score (nSPS) is 11.5. The second-order valence-corrected chi connectivity index (χ2v) is 5.97. The minimum Gasteiger partial charge on any atom is -0.490 e. The monoisotopic (exact) mass is 361 g/mol. The number of amides is 1. The third-order valence-corrected chi connectivity index (χ3v) is 3.68. The first-order chi connectivity index (χ1) is 12.0. The Kier molecular flexibility index (Phi) is 6.83. The Morgan fingerprint density at radius 1 is 1.04 bits per heavy atom. The highest BCUT2D eigenvalue weighted by Gasteiger charge is 2.17. The van der Waals surface area contributed by atoms with Crippen molar-refractivity contribution in [3.63, 3.8) is 0 Å². The summed E-state index contributed by atoms with van der Waals surface area (Å²) in [4.78, 5) is 23.9. The van der Waals surface area contributed by atoms with Crippen LogP contribution in [-0.2, 0) is 9.53 Å². The maximum atomic E-state index is 12.0.